The molecule has 0 saturated heterocycles. The second-order valence-corrected chi connectivity index (χ2v) is 2.51. The molecule has 0 spiro atoms. The predicted molar refractivity (Wildman–Crippen MR) is 42.7 cm³/mol. The highest BCUT2D eigenvalue weighted by Gasteiger charge is 2.06. The van der Waals surface area contributed by atoms with Gasteiger partial charge in [0.05, 0.1) is 0 Å². The summed E-state index contributed by atoms with van der Waals surface area (Å²) in [5.41, 5.74) is 2.19. The zero-order valence-electron chi connectivity index (χ0n) is 6.74. The quantitative estimate of drug-likeness (QED) is 0.650. The lowest BCUT2D eigenvalue weighted by Gasteiger charge is -2.10. The maximum Gasteiger partial charge on any atom is 0.103 e. The summed E-state index contributed by atoms with van der Waals surface area (Å²) in [6.45, 7) is 3.90. The van der Waals surface area contributed by atoms with E-state index in [1.165, 1.54) is 0 Å². The molecular weight excluding hydrogens is 140 g/mol. The van der Waals surface area contributed by atoms with Crippen LogP contribution in [-0.2, 0) is 4.84 Å². The number of nitrogens with two attached hydrogens (primary N) is 1. The SMILES string of the molecule is Cc1ccncc1C(C)ON. The number of aromatic nitrogens is 1. The van der Waals surface area contributed by atoms with Crippen molar-refractivity contribution in [3.63, 3.8) is 0 Å². The molecule has 1 aromatic heterocycles. The number of pyridine rings is 1. The van der Waals surface area contributed by atoms with Crippen LogP contribution in [0.2, 0.25) is 0 Å². The van der Waals surface area contributed by atoms with E-state index in [2.05, 4.69) is 9.82 Å². The topological polar surface area (TPSA) is 48.1 Å². The first-order chi connectivity index (χ1) is 5.25. The monoisotopic (exact) mass is 152 g/mol. The Morgan fingerprint density at radius 1 is 1.64 bits per heavy atom. The van der Waals surface area contributed by atoms with Crippen LogP contribution in [0.15, 0.2) is 18.5 Å². The van der Waals surface area contributed by atoms with Gasteiger partial charge in [-0.15, -0.1) is 0 Å². The second-order valence-electron chi connectivity index (χ2n) is 2.51. The fourth-order valence-electron chi connectivity index (χ4n) is 0.975. The molecule has 0 aromatic carbocycles. The van der Waals surface area contributed by atoms with E-state index in [1.807, 2.05) is 19.9 Å². The standard InChI is InChI=1S/C8H12N2O/c1-6-3-4-10-5-8(6)7(2)11-9/h3-5,7H,9H2,1-2H3. The van der Waals surface area contributed by atoms with E-state index in [-0.39, 0.29) is 6.10 Å². The zero-order valence-corrected chi connectivity index (χ0v) is 6.74. The van der Waals surface area contributed by atoms with Gasteiger partial charge in [-0.05, 0) is 25.5 Å². The minimum Gasteiger partial charge on any atom is -0.297 e. The van der Waals surface area contributed by atoms with Crippen LogP contribution in [-0.4, -0.2) is 4.98 Å². The van der Waals surface area contributed by atoms with Crippen LogP contribution in [0.25, 0.3) is 0 Å². The predicted octanol–water partition coefficient (Wildman–Crippen LogP) is 1.34. The van der Waals surface area contributed by atoms with Gasteiger partial charge in [-0.2, -0.15) is 0 Å². The average molecular weight is 152 g/mol. The molecule has 0 radical (unpaired) electrons. The number of hydrogen-bond acceptors (Lipinski definition) is 3. The summed E-state index contributed by atoms with van der Waals surface area (Å²) in [6, 6.07) is 1.94. The third-order valence-corrected chi connectivity index (χ3v) is 1.72. The van der Waals surface area contributed by atoms with Gasteiger partial charge in [-0.25, -0.2) is 5.90 Å². The number of rotatable bonds is 2. The first-order valence-electron chi connectivity index (χ1n) is 3.51. The Bertz CT molecular complexity index is 237. The average Bonchev–Trinajstić information content (AvgIpc) is 2.04. The van der Waals surface area contributed by atoms with Crippen molar-refractivity contribution in [2.45, 2.75) is 20.0 Å². The van der Waals surface area contributed by atoms with E-state index in [0.29, 0.717) is 0 Å². The molecule has 1 heterocycles. The van der Waals surface area contributed by atoms with Crippen molar-refractivity contribution in [1.82, 2.24) is 4.98 Å². The molecule has 3 heteroatoms. The molecule has 0 fully saturated rings. The molecule has 0 amide bonds. The van der Waals surface area contributed by atoms with Crippen LogP contribution < -0.4 is 5.90 Å². The van der Waals surface area contributed by atoms with Crippen molar-refractivity contribution in [1.29, 1.82) is 0 Å². The molecule has 0 saturated carbocycles. The number of nitrogens with zero attached hydrogens (tertiary/aromatic N) is 1. The van der Waals surface area contributed by atoms with E-state index in [4.69, 9.17) is 5.90 Å². The molecule has 0 bridgehead atoms. The minimum absolute atomic E-state index is 0.0799. The van der Waals surface area contributed by atoms with Crippen molar-refractivity contribution in [3.05, 3.63) is 29.6 Å². The Kier molecular flexibility index (Phi) is 2.57. The fraction of sp³-hybridized carbons (Fsp3) is 0.375. The van der Waals surface area contributed by atoms with Crippen molar-refractivity contribution in [2.24, 2.45) is 5.90 Å². The first kappa shape index (κ1) is 8.17. The summed E-state index contributed by atoms with van der Waals surface area (Å²) < 4.78 is 0. The Morgan fingerprint density at radius 2 is 2.36 bits per heavy atom. The summed E-state index contributed by atoms with van der Waals surface area (Å²) in [6.07, 6.45) is 3.44. The summed E-state index contributed by atoms with van der Waals surface area (Å²) in [5.74, 6) is 5.05. The molecule has 2 N–H and O–H groups in total. The van der Waals surface area contributed by atoms with Gasteiger partial charge >= 0.3 is 0 Å². The summed E-state index contributed by atoms with van der Waals surface area (Å²) in [7, 11) is 0. The Morgan fingerprint density at radius 3 is 2.91 bits per heavy atom. The molecule has 1 atom stereocenters. The van der Waals surface area contributed by atoms with Gasteiger partial charge in [0.2, 0.25) is 0 Å². The second kappa shape index (κ2) is 3.46. The molecule has 1 rings (SSSR count). The van der Waals surface area contributed by atoms with E-state index >= 15 is 0 Å². The molecule has 0 aliphatic heterocycles. The summed E-state index contributed by atoms with van der Waals surface area (Å²) >= 11 is 0. The Balaban J connectivity index is 2.93. The third-order valence-electron chi connectivity index (χ3n) is 1.72. The van der Waals surface area contributed by atoms with Crippen LogP contribution in [0.4, 0.5) is 0 Å². The van der Waals surface area contributed by atoms with Crippen LogP contribution in [0.1, 0.15) is 24.2 Å². The van der Waals surface area contributed by atoms with Gasteiger partial charge in [0.15, 0.2) is 0 Å². The lowest BCUT2D eigenvalue weighted by atomic mass is 10.1. The van der Waals surface area contributed by atoms with E-state index in [1.54, 1.807) is 12.4 Å². The molecule has 1 unspecified atom stereocenters. The molecular formula is C8H12N2O. The fourth-order valence-corrected chi connectivity index (χ4v) is 0.975. The molecule has 0 aliphatic rings. The van der Waals surface area contributed by atoms with Gasteiger partial charge in [-0.3, -0.25) is 9.82 Å². The first-order valence-corrected chi connectivity index (χ1v) is 3.51. The molecule has 0 aliphatic carbocycles. The molecule has 3 nitrogen and oxygen atoms in total. The van der Waals surface area contributed by atoms with E-state index in [9.17, 15) is 0 Å². The maximum absolute atomic E-state index is 5.05. The lowest BCUT2D eigenvalue weighted by molar-refractivity contribution is 0.0657. The Hall–Kier alpha value is -0.930. The van der Waals surface area contributed by atoms with E-state index < -0.39 is 0 Å². The Labute approximate surface area is 66.2 Å². The van der Waals surface area contributed by atoms with Crippen molar-refractivity contribution < 1.29 is 4.84 Å². The highest BCUT2D eigenvalue weighted by molar-refractivity contribution is 5.23. The van der Waals surface area contributed by atoms with Crippen LogP contribution >= 0.6 is 0 Å². The molecule has 1 aromatic rings. The maximum atomic E-state index is 5.05. The number of aryl methyl sites for hydroxylation is 1. The van der Waals surface area contributed by atoms with Crippen molar-refractivity contribution in [3.8, 4) is 0 Å². The number of hydrogen-bond donors (Lipinski definition) is 1. The largest absolute Gasteiger partial charge is 0.297 e. The highest BCUT2D eigenvalue weighted by atomic mass is 16.6. The minimum atomic E-state index is -0.0799. The summed E-state index contributed by atoms with van der Waals surface area (Å²) in [5, 5.41) is 0. The molecule has 60 valence electrons. The lowest BCUT2D eigenvalue weighted by Crippen LogP contribution is -2.06. The van der Waals surface area contributed by atoms with Crippen LogP contribution in [0, 0.1) is 6.92 Å². The highest BCUT2D eigenvalue weighted by Crippen LogP contribution is 2.16. The summed E-state index contributed by atoms with van der Waals surface area (Å²) in [4.78, 5) is 8.66. The van der Waals surface area contributed by atoms with Gasteiger partial charge in [0, 0.05) is 18.0 Å². The van der Waals surface area contributed by atoms with Gasteiger partial charge in [0.1, 0.15) is 6.10 Å². The third kappa shape index (κ3) is 1.76. The van der Waals surface area contributed by atoms with Gasteiger partial charge < -0.3 is 0 Å². The van der Waals surface area contributed by atoms with Crippen molar-refractivity contribution >= 4 is 0 Å². The van der Waals surface area contributed by atoms with E-state index in [0.717, 1.165) is 11.1 Å². The van der Waals surface area contributed by atoms with Crippen molar-refractivity contribution in [2.75, 3.05) is 0 Å². The van der Waals surface area contributed by atoms with Gasteiger partial charge in [-0.1, -0.05) is 0 Å². The van der Waals surface area contributed by atoms with Gasteiger partial charge in [0.25, 0.3) is 0 Å². The smallest absolute Gasteiger partial charge is 0.103 e. The normalized spacial score (nSPS) is 13.0. The zero-order chi connectivity index (χ0) is 8.27. The van der Waals surface area contributed by atoms with Crippen LogP contribution in [0.5, 0.6) is 0 Å². The molecule has 11 heavy (non-hydrogen) atoms. The van der Waals surface area contributed by atoms with Crippen LogP contribution in [0.3, 0.4) is 0 Å².